The Hall–Kier alpha value is -2.73. The molecule has 1 amide bonds. The predicted octanol–water partition coefficient (Wildman–Crippen LogP) is 2.85. The van der Waals surface area contributed by atoms with Gasteiger partial charge in [-0.25, -0.2) is 0 Å². The molecule has 0 saturated carbocycles. The van der Waals surface area contributed by atoms with Gasteiger partial charge in [0.2, 0.25) is 0 Å². The van der Waals surface area contributed by atoms with Gasteiger partial charge in [0.05, 0.1) is 23.7 Å². The Morgan fingerprint density at radius 1 is 1.12 bits per heavy atom. The van der Waals surface area contributed by atoms with Gasteiger partial charge in [0.1, 0.15) is 6.54 Å². The van der Waals surface area contributed by atoms with Crippen molar-refractivity contribution in [3.8, 4) is 0 Å². The van der Waals surface area contributed by atoms with Crippen LogP contribution in [0.15, 0.2) is 53.5 Å². The minimum absolute atomic E-state index is 0.0266. The van der Waals surface area contributed by atoms with E-state index >= 15 is 0 Å². The Morgan fingerprint density at radius 2 is 1.88 bits per heavy atom. The molecule has 0 radical (unpaired) electrons. The molecule has 0 atom stereocenters. The van der Waals surface area contributed by atoms with E-state index in [2.05, 4.69) is 4.99 Å². The molecule has 0 aliphatic rings. The number of hydrogen-bond acceptors (Lipinski definition) is 4. The Morgan fingerprint density at radius 3 is 2.60 bits per heavy atom. The highest BCUT2D eigenvalue weighted by Crippen LogP contribution is 2.21. The summed E-state index contributed by atoms with van der Waals surface area (Å²) in [7, 11) is 1.35. The molecule has 2 aromatic carbocycles. The quantitative estimate of drug-likeness (QED) is 0.677. The number of amides is 1. The number of carbonyl (C=O) groups excluding carboxylic acids is 2. The Balaban J connectivity index is 2.05. The molecular weight excluding hydrogens is 336 g/mol. The number of aromatic nitrogens is 1. The molecule has 0 unspecified atom stereocenters. The van der Waals surface area contributed by atoms with Gasteiger partial charge < -0.3 is 9.30 Å². The first-order valence-electron chi connectivity index (χ1n) is 7.85. The van der Waals surface area contributed by atoms with Crippen LogP contribution in [0.4, 0.5) is 0 Å². The van der Waals surface area contributed by atoms with Gasteiger partial charge in [0.25, 0.3) is 5.91 Å². The van der Waals surface area contributed by atoms with Crippen molar-refractivity contribution in [2.24, 2.45) is 4.99 Å². The monoisotopic (exact) mass is 354 g/mol. The molecule has 6 heteroatoms. The van der Waals surface area contributed by atoms with Crippen LogP contribution in [-0.2, 0) is 27.3 Å². The first-order chi connectivity index (χ1) is 12.1. The molecule has 25 heavy (non-hydrogen) atoms. The number of fused-ring (bicyclic) bond motifs is 1. The van der Waals surface area contributed by atoms with Crippen LogP contribution in [0.3, 0.4) is 0 Å². The number of aryl methyl sites for hydroxylation is 1. The zero-order valence-corrected chi connectivity index (χ0v) is 14.9. The average molecular weight is 354 g/mol. The van der Waals surface area contributed by atoms with Crippen LogP contribution in [0.5, 0.6) is 0 Å². The van der Waals surface area contributed by atoms with Crippen molar-refractivity contribution in [1.29, 1.82) is 0 Å². The molecular formula is C19H18N2O3S. The van der Waals surface area contributed by atoms with Gasteiger partial charge in [-0.05, 0) is 24.1 Å². The molecule has 1 aromatic heterocycles. The van der Waals surface area contributed by atoms with Crippen molar-refractivity contribution in [2.75, 3.05) is 7.11 Å². The predicted molar refractivity (Wildman–Crippen MR) is 97.3 cm³/mol. The summed E-state index contributed by atoms with van der Waals surface area (Å²) in [5, 5.41) is 0. The number of benzene rings is 2. The fourth-order valence-electron chi connectivity index (χ4n) is 2.65. The number of thiazole rings is 1. The highest BCUT2D eigenvalue weighted by Gasteiger charge is 2.13. The van der Waals surface area contributed by atoms with E-state index < -0.39 is 0 Å². The van der Waals surface area contributed by atoms with Crippen molar-refractivity contribution in [1.82, 2.24) is 4.57 Å². The van der Waals surface area contributed by atoms with Gasteiger partial charge in [0, 0.05) is 0 Å². The van der Waals surface area contributed by atoms with E-state index in [1.165, 1.54) is 18.4 Å². The number of methoxy groups -OCH3 is 1. The van der Waals surface area contributed by atoms with Gasteiger partial charge in [-0.1, -0.05) is 53.8 Å². The number of esters is 1. The maximum absolute atomic E-state index is 12.4. The number of ether oxygens (including phenoxy) is 1. The third kappa shape index (κ3) is 3.85. The van der Waals surface area contributed by atoms with Crippen LogP contribution < -0.4 is 4.80 Å². The zero-order chi connectivity index (χ0) is 17.8. The second-order valence-electron chi connectivity index (χ2n) is 5.64. The van der Waals surface area contributed by atoms with Crippen molar-refractivity contribution in [3.05, 3.63) is 64.5 Å². The largest absolute Gasteiger partial charge is 0.468 e. The second-order valence-corrected chi connectivity index (χ2v) is 6.65. The van der Waals surface area contributed by atoms with E-state index in [0.717, 1.165) is 21.3 Å². The summed E-state index contributed by atoms with van der Waals surface area (Å²) in [6, 6.07) is 15.4. The number of rotatable bonds is 4. The van der Waals surface area contributed by atoms with E-state index in [9.17, 15) is 9.59 Å². The van der Waals surface area contributed by atoms with Crippen molar-refractivity contribution >= 4 is 33.4 Å². The van der Waals surface area contributed by atoms with Gasteiger partial charge in [0.15, 0.2) is 4.80 Å². The SMILES string of the molecule is COC(=O)Cn1c(=NC(=O)Cc2ccccc2)sc2cccc(C)c21. The van der Waals surface area contributed by atoms with E-state index in [0.29, 0.717) is 4.80 Å². The van der Waals surface area contributed by atoms with E-state index in [1.54, 1.807) is 4.57 Å². The van der Waals surface area contributed by atoms with Crippen LogP contribution in [0.25, 0.3) is 10.2 Å². The lowest BCUT2D eigenvalue weighted by Crippen LogP contribution is -2.23. The maximum atomic E-state index is 12.4. The first kappa shape index (κ1) is 17.1. The number of para-hydroxylation sites is 1. The topological polar surface area (TPSA) is 60.7 Å². The number of nitrogens with zero attached hydrogens (tertiary/aromatic N) is 2. The molecule has 1 heterocycles. The Kier molecular flexibility index (Phi) is 5.09. The van der Waals surface area contributed by atoms with Gasteiger partial charge in [-0.3, -0.25) is 9.59 Å². The first-order valence-corrected chi connectivity index (χ1v) is 8.67. The lowest BCUT2D eigenvalue weighted by Gasteiger charge is -2.05. The molecule has 3 rings (SSSR count). The highest BCUT2D eigenvalue weighted by molar-refractivity contribution is 7.16. The zero-order valence-electron chi connectivity index (χ0n) is 14.1. The average Bonchev–Trinajstić information content (AvgIpc) is 2.94. The molecule has 0 fully saturated rings. The lowest BCUT2D eigenvalue weighted by atomic mass is 10.1. The van der Waals surface area contributed by atoms with Crippen molar-refractivity contribution < 1.29 is 14.3 Å². The summed E-state index contributed by atoms with van der Waals surface area (Å²) >= 11 is 1.40. The van der Waals surface area contributed by atoms with Crippen molar-refractivity contribution in [2.45, 2.75) is 19.9 Å². The molecule has 3 aromatic rings. The standard InChI is InChI=1S/C19H18N2O3S/c1-13-7-6-10-15-18(13)21(12-17(23)24-2)19(25-15)20-16(22)11-14-8-4-3-5-9-14/h3-10H,11-12H2,1-2H3. The third-order valence-corrected chi connectivity index (χ3v) is 4.88. The van der Waals surface area contributed by atoms with E-state index in [1.807, 2.05) is 55.5 Å². The van der Waals surface area contributed by atoms with E-state index in [4.69, 9.17) is 4.74 Å². The molecule has 0 aliphatic carbocycles. The summed E-state index contributed by atoms with van der Waals surface area (Å²) in [5.74, 6) is -0.617. The van der Waals surface area contributed by atoms with Crippen molar-refractivity contribution in [3.63, 3.8) is 0 Å². The minimum atomic E-state index is -0.375. The molecule has 0 spiro atoms. The third-order valence-electron chi connectivity index (χ3n) is 3.84. The molecule has 0 aliphatic heterocycles. The highest BCUT2D eigenvalue weighted by atomic mass is 32.1. The van der Waals surface area contributed by atoms with Gasteiger partial charge in [-0.2, -0.15) is 4.99 Å². The number of carbonyl (C=O) groups is 2. The second kappa shape index (κ2) is 7.44. The summed E-state index contributed by atoms with van der Waals surface area (Å²) in [4.78, 5) is 28.9. The van der Waals surface area contributed by atoms with Crippen LogP contribution in [0.1, 0.15) is 11.1 Å². The Bertz CT molecular complexity index is 987. The van der Waals surface area contributed by atoms with Gasteiger partial charge >= 0.3 is 5.97 Å². The lowest BCUT2D eigenvalue weighted by molar-refractivity contribution is -0.141. The molecule has 5 nitrogen and oxygen atoms in total. The number of hydrogen-bond donors (Lipinski definition) is 0. The molecule has 0 N–H and O–H groups in total. The normalized spacial score (nSPS) is 11.7. The molecule has 0 bridgehead atoms. The van der Waals surface area contributed by atoms with Crippen LogP contribution in [-0.4, -0.2) is 23.6 Å². The van der Waals surface area contributed by atoms with Crippen LogP contribution >= 0.6 is 11.3 Å². The van der Waals surface area contributed by atoms with Gasteiger partial charge in [-0.15, -0.1) is 0 Å². The fraction of sp³-hybridized carbons (Fsp3) is 0.211. The minimum Gasteiger partial charge on any atom is -0.468 e. The summed E-state index contributed by atoms with van der Waals surface area (Å²) < 4.78 is 7.52. The summed E-state index contributed by atoms with van der Waals surface area (Å²) in [6.07, 6.45) is 0.228. The smallest absolute Gasteiger partial charge is 0.325 e. The summed E-state index contributed by atoms with van der Waals surface area (Å²) in [5.41, 5.74) is 2.84. The fourth-order valence-corrected chi connectivity index (χ4v) is 3.77. The maximum Gasteiger partial charge on any atom is 0.325 e. The van der Waals surface area contributed by atoms with Crippen LogP contribution in [0, 0.1) is 6.92 Å². The van der Waals surface area contributed by atoms with E-state index in [-0.39, 0.29) is 24.8 Å². The molecule has 128 valence electrons. The summed E-state index contributed by atoms with van der Waals surface area (Å²) in [6.45, 7) is 2.00. The Labute approximate surface area is 149 Å². The molecule has 0 saturated heterocycles. The van der Waals surface area contributed by atoms with Crippen LogP contribution in [0.2, 0.25) is 0 Å².